The molecule has 21 heavy (non-hydrogen) atoms. The predicted octanol–water partition coefficient (Wildman–Crippen LogP) is 4.52. The zero-order valence-electron chi connectivity index (χ0n) is 12.1. The highest BCUT2D eigenvalue weighted by atomic mass is 32.2. The van der Waals surface area contributed by atoms with Gasteiger partial charge in [0.1, 0.15) is 5.75 Å². The van der Waals surface area contributed by atoms with Gasteiger partial charge in [0.2, 0.25) is 0 Å². The number of hydrogen-bond donors (Lipinski definition) is 1. The Morgan fingerprint density at radius 3 is 2.48 bits per heavy atom. The second kappa shape index (κ2) is 6.92. The van der Waals surface area contributed by atoms with Gasteiger partial charge in [-0.1, -0.05) is 18.6 Å². The summed E-state index contributed by atoms with van der Waals surface area (Å²) in [5.74, 6) is -0.179. The van der Waals surface area contributed by atoms with Crippen molar-refractivity contribution in [3.63, 3.8) is 0 Å². The summed E-state index contributed by atoms with van der Waals surface area (Å²) in [6.45, 7) is 2.04. The first-order valence-electron chi connectivity index (χ1n) is 7.03. The molecule has 1 N–H and O–H groups in total. The van der Waals surface area contributed by atoms with Crippen LogP contribution in [-0.2, 0) is 0 Å². The molecular formula is C15H20F3NOS. The minimum atomic E-state index is -4.64. The molecule has 0 aromatic heterocycles. The van der Waals surface area contributed by atoms with Crippen LogP contribution >= 0.6 is 11.8 Å². The van der Waals surface area contributed by atoms with Gasteiger partial charge < -0.3 is 10.1 Å². The van der Waals surface area contributed by atoms with E-state index >= 15 is 0 Å². The molecule has 1 aliphatic carbocycles. The molecule has 0 spiro atoms. The van der Waals surface area contributed by atoms with Gasteiger partial charge in [0.15, 0.2) is 0 Å². The van der Waals surface area contributed by atoms with Crippen LogP contribution in [0.4, 0.5) is 13.2 Å². The molecule has 1 aromatic carbocycles. The van der Waals surface area contributed by atoms with Gasteiger partial charge >= 0.3 is 6.36 Å². The minimum absolute atomic E-state index is 0.114. The van der Waals surface area contributed by atoms with Crippen LogP contribution in [0.15, 0.2) is 24.3 Å². The van der Waals surface area contributed by atoms with E-state index in [4.69, 9.17) is 0 Å². The molecular weight excluding hydrogens is 299 g/mol. The first-order valence-corrected chi connectivity index (χ1v) is 8.32. The van der Waals surface area contributed by atoms with Crippen LogP contribution in [0, 0.1) is 0 Å². The third-order valence-electron chi connectivity index (χ3n) is 3.83. The molecule has 2 rings (SSSR count). The molecule has 3 unspecified atom stereocenters. The predicted molar refractivity (Wildman–Crippen MR) is 79.6 cm³/mol. The average Bonchev–Trinajstić information content (AvgIpc) is 2.85. The van der Waals surface area contributed by atoms with E-state index in [2.05, 4.69) is 16.3 Å². The van der Waals surface area contributed by atoms with Gasteiger partial charge in [-0.2, -0.15) is 11.8 Å². The Morgan fingerprint density at radius 1 is 1.24 bits per heavy atom. The van der Waals surface area contributed by atoms with Gasteiger partial charge in [0.25, 0.3) is 0 Å². The van der Waals surface area contributed by atoms with Crippen LogP contribution in [0.3, 0.4) is 0 Å². The van der Waals surface area contributed by atoms with Crippen molar-refractivity contribution in [1.29, 1.82) is 0 Å². The molecule has 0 radical (unpaired) electrons. The second-order valence-electron chi connectivity index (χ2n) is 5.32. The van der Waals surface area contributed by atoms with Gasteiger partial charge in [0.05, 0.1) is 0 Å². The molecule has 1 saturated carbocycles. The van der Waals surface area contributed by atoms with E-state index in [1.807, 2.05) is 18.7 Å². The average molecular weight is 319 g/mol. The summed E-state index contributed by atoms with van der Waals surface area (Å²) in [7, 11) is 0. The summed E-state index contributed by atoms with van der Waals surface area (Å²) < 4.78 is 40.2. The highest BCUT2D eigenvalue weighted by Crippen LogP contribution is 2.30. The number of hydrogen-bond acceptors (Lipinski definition) is 3. The third kappa shape index (κ3) is 4.81. The molecule has 0 amide bonds. The summed E-state index contributed by atoms with van der Waals surface area (Å²) in [6, 6.07) is 6.68. The fraction of sp³-hybridized carbons (Fsp3) is 0.600. The van der Waals surface area contributed by atoms with Gasteiger partial charge in [0, 0.05) is 17.3 Å². The highest BCUT2D eigenvalue weighted by molar-refractivity contribution is 7.99. The smallest absolute Gasteiger partial charge is 0.406 e. The van der Waals surface area contributed by atoms with Crippen LogP contribution in [-0.4, -0.2) is 23.9 Å². The lowest BCUT2D eigenvalue weighted by Crippen LogP contribution is -2.35. The lowest BCUT2D eigenvalue weighted by atomic mass is 10.1. The third-order valence-corrected chi connectivity index (χ3v) is 5.00. The molecule has 6 heteroatoms. The van der Waals surface area contributed by atoms with Gasteiger partial charge in [-0.3, -0.25) is 0 Å². The zero-order valence-corrected chi connectivity index (χ0v) is 12.9. The highest BCUT2D eigenvalue weighted by Gasteiger charge is 2.31. The molecule has 2 nitrogen and oxygen atoms in total. The molecule has 0 bridgehead atoms. The Morgan fingerprint density at radius 2 is 1.90 bits per heavy atom. The summed E-state index contributed by atoms with van der Waals surface area (Å²) >= 11 is 1.88. The fourth-order valence-corrected chi connectivity index (χ4v) is 3.72. The largest absolute Gasteiger partial charge is 0.573 e. The summed E-state index contributed by atoms with van der Waals surface area (Å²) in [6.07, 6.45) is 1.10. The van der Waals surface area contributed by atoms with Gasteiger partial charge in [-0.05, 0) is 43.7 Å². The zero-order chi connectivity index (χ0) is 15.5. The number of thioether (sulfide) groups is 1. The second-order valence-corrected chi connectivity index (χ2v) is 6.39. The van der Waals surface area contributed by atoms with E-state index in [0.29, 0.717) is 11.3 Å². The number of ether oxygens (including phenoxy) is 1. The van der Waals surface area contributed by atoms with E-state index in [1.54, 1.807) is 12.1 Å². The van der Waals surface area contributed by atoms with Crippen LogP contribution in [0.2, 0.25) is 0 Å². The van der Waals surface area contributed by atoms with Crippen LogP contribution in [0.5, 0.6) is 5.75 Å². The monoisotopic (exact) mass is 319 g/mol. The lowest BCUT2D eigenvalue weighted by Gasteiger charge is -2.24. The number of rotatable bonds is 5. The summed E-state index contributed by atoms with van der Waals surface area (Å²) in [5, 5.41) is 4.21. The van der Waals surface area contributed by atoms with Crippen molar-refractivity contribution in [2.75, 3.05) is 6.26 Å². The van der Waals surface area contributed by atoms with Crippen molar-refractivity contribution in [2.24, 2.45) is 0 Å². The number of halogens is 3. The molecule has 0 saturated heterocycles. The Bertz CT molecular complexity index is 449. The quantitative estimate of drug-likeness (QED) is 0.862. The van der Waals surface area contributed by atoms with E-state index < -0.39 is 6.36 Å². The number of alkyl halides is 3. The van der Waals surface area contributed by atoms with Crippen LogP contribution in [0.1, 0.15) is 37.8 Å². The van der Waals surface area contributed by atoms with E-state index in [9.17, 15) is 13.2 Å². The Labute approximate surface area is 127 Å². The minimum Gasteiger partial charge on any atom is -0.406 e. The van der Waals surface area contributed by atoms with Crippen molar-refractivity contribution in [3.8, 4) is 5.75 Å². The summed E-state index contributed by atoms with van der Waals surface area (Å²) in [5.41, 5.74) is 0.969. The summed E-state index contributed by atoms with van der Waals surface area (Å²) in [4.78, 5) is 0. The first kappa shape index (κ1) is 16.5. The maximum absolute atomic E-state index is 12.1. The van der Waals surface area contributed by atoms with Crippen molar-refractivity contribution in [3.05, 3.63) is 29.8 Å². The first-order chi connectivity index (χ1) is 9.89. The number of benzene rings is 1. The van der Waals surface area contributed by atoms with Crippen molar-refractivity contribution >= 4 is 11.8 Å². The van der Waals surface area contributed by atoms with Crippen LogP contribution in [0.25, 0.3) is 0 Å². The van der Waals surface area contributed by atoms with Crippen LogP contribution < -0.4 is 10.1 Å². The maximum atomic E-state index is 12.1. The number of nitrogens with one attached hydrogen (secondary N) is 1. The topological polar surface area (TPSA) is 21.3 Å². The molecule has 0 aliphatic heterocycles. The standard InChI is InChI=1S/C15H20F3NOS/c1-10(19-13-4-3-5-14(13)21-2)11-6-8-12(9-7-11)20-15(16,17)18/h6-10,13-14,19H,3-5H2,1-2H3. The van der Waals surface area contributed by atoms with Crippen molar-refractivity contribution < 1.29 is 17.9 Å². The molecule has 1 aromatic rings. The Balaban J connectivity index is 1.95. The van der Waals surface area contributed by atoms with Gasteiger partial charge in [-0.15, -0.1) is 13.2 Å². The molecule has 1 aliphatic rings. The normalized spacial score (nSPS) is 24.0. The molecule has 118 valence electrons. The van der Waals surface area contributed by atoms with Gasteiger partial charge in [-0.25, -0.2) is 0 Å². The SMILES string of the molecule is CSC1CCCC1NC(C)c1ccc(OC(F)(F)F)cc1. The van der Waals surface area contributed by atoms with Crippen molar-refractivity contribution in [2.45, 2.75) is 49.9 Å². The van der Waals surface area contributed by atoms with Crippen molar-refractivity contribution in [1.82, 2.24) is 5.32 Å². The molecule has 1 fully saturated rings. The fourth-order valence-electron chi connectivity index (χ4n) is 2.77. The maximum Gasteiger partial charge on any atom is 0.573 e. The lowest BCUT2D eigenvalue weighted by molar-refractivity contribution is -0.274. The van der Waals surface area contributed by atoms with E-state index in [0.717, 1.165) is 12.0 Å². The Kier molecular flexibility index (Phi) is 5.43. The van der Waals surface area contributed by atoms with E-state index in [1.165, 1.54) is 25.0 Å². The molecule has 0 heterocycles. The Hall–Kier alpha value is -0.880. The van der Waals surface area contributed by atoms with E-state index in [-0.39, 0.29) is 11.8 Å². The molecule has 3 atom stereocenters.